The molecule has 1 aromatic rings. The fraction of sp³-hybridized carbons (Fsp3) is 0.636. The van der Waals surface area contributed by atoms with Crippen LogP contribution in [0.25, 0.3) is 0 Å². The molecule has 2 nitrogen and oxygen atoms in total. The van der Waals surface area contributed by atoms with E-state index < -0.39 is 0 Å². The molecule has 0 aliphatic heterocycles. The van der Waals surface area contributed by atoms with Crippen molar-refractivity contribution in [3.63, 3.8) is 0 Å². The molecule has 1 heterocycles. The largest absolute Gasteiger partial charge is 0.271 e. The molecule has 0 aromatic carbocycles. The first-order chi connectivity index (χ1) is 6.85. The SMILES string of the molecule is CCC(NN)c1cc2c(s1)CCCC2. The third-order valence-corrected chi connectivity index (χ3v) is 4.32. The highest BCUT2D eigenvalue weighted by atomic mass is 32.1. The van der Waals surface area contributed by atoms with Crippen molar-refractivity contribution < 1.29 is 0 Å². The van der Waals surface area contributed by atoms with E-state index in [2.05, 4.69) is 18.4 Å². The highest BCUT2D eigenvalue weighted by Gasteiger charge is 2.16. The summed E-state index contributed by atoms with van der Waals surface area (Å²) in [6.45, 7) is 2.17. The predicted molar refractivity (Wildman–Crippen MR) is 61.3 cm³/mol. The van der Waals surface area contributed by atoms with Gasteiger partial charge in [-0.3, -0.25) is 11.3 Å². The van der Waals surface area contributed by atoms with Gasteiger partial charge in [0, 0.05) is 9.75 Å². The minimum absolute atomic E-state index is 0.352. The second-order valence-electron chi connectivity index (χ2n) is 3.93. The molecule has 0 amide bonds. The zero-order valence-corrected chi connectivity index (χ0v) is 9.49. The molecule has 0 saturated carbocycles. The summed E-state index contributed by atoms with van der Waals surface area (Å²) in [7, 11) is 0. The van der Waals surface area contributed by atoms with Crippen LogP contribution < -0.4 is 11.3 Å². The molecule has 0 fully saturated rings. The Labute approximate surface area is 89.5 Å². The molecule has 1 unspecified atom stereocenters. The summed E-state index contributed by atoms with van der Waals surface area (Å²) in [5.74, 6) is 5.53. The van der Waals surface area contributed by atoms with Gasteiger partial charge in [-0.05, 0) is 43.7 Å². The van der Waals surface area contributed by atoms with Crippen LogP contribution in [0.3, 0.4) is 0 Å². The fourth-order valence-corrected chi connectivity index (χ4v) is 3.49. The summed E-state index contributed by atoms with van der Waals surface area (Å²) >= 11 is 1.95. The Hall–Kier alpha value is -0.380. The number of aryl methyl sites for hydroxylation is 2. The zero-order valence-electron chi connectivity index (χ0n) is 8.68. The monoisotopic (exact) mass is 210 g/mol. The maximum Gasteiger partial charge on any atom is 0.0550 e. The van der Waals surface area contributed by atoms with E-state index >= 15 is 0 Å². The van der Waals surface area contributed by atoms with Crippen LogP contribution >= 0.6 is 11.3 Å². The maximum atomic E-state index is 5.53. The van der Waals surface area contributed by atoms with E-state index in [1.807, 2.05) is 11.3 Å². The van der Waals surface area contributed by atoms with Crippen molar-refractivity contribution in [1.82, 2.24) is 5.43 Å². The Kier molecular flexibility index (Phi) is 3.21. The van der Waals surface area contributed by atoms with Crippen molar-refractivity contribution in [2.75, 3.05) is 0 Å². The van der Waals surface area contributed by atoms with Crippen molar-refractivity contribution in [2.24, 2.45) is 5.84 Å². The molecule has 0 saturated heterocycles. The molecule has 78 valence electrons. The Balaban J connectivity index is 2.22. The molecule has 0 bridgehead atoms. The van der Waals surface area contributed by atoms with Gasteiger partial charge in [-0.15, -0.1) is 11.3 Å². The van der Waals surface area contributed by atoms with Crippen LogP contribution in [0.15, 0.2) is 6.07 Å². The van der Waals surface area contributed by atoms with Gasteiger partial charge in [0.25, 0.3) is 0 Å². The van der Waals surface area contributed by atoms with E-state index in [1.165, 1.54) is 30.6 Å². The smallest absolute Gasteiger partial charge is 0.0550 e. The van der Waals surface area contributed by atoms with Crippen LogP contribution in [-0.4, -0.2) is 0 Å². The summed E-state index contributed by atoms with van der Waals surface area (Å²) in [5.41, 5.74) is 4.46. The van der Waals surface area contributed by atoms with Crippen LogP contribution in [0.5, 0.6) is 0 Å². The van der Waals surface area contributed by atoms with Crippen LogP contribution in [0.4, 0.5) is 0 Å². The zero-order chi connectivity index (χ0) is 9.97. The lowest BCUT2D eigenvalue weighted by molar-refractivity contribution is 0.547. The highest BCUT2D eigenvalue weighted by Crippen LogP contribution is 2.33. The Morgan fingerprint density at radius 3 is 2.93 bits per heavy atom. The minimum Gasteiger partial charge on any atom is -0.271 e. The van der Waals surface area contributed by atoms with E-state index in [-0.39, 0.29) is 0 Å². The van der Waals surface area contributed by atoms with Crippen LogP contribution in [-0.2, 0) is 12.8 Å². The van der Waals surface area contributed by atoms with Crippen molar-refractivity contribution in [3.8, 4) is 0 Å². The fourth-order valence-electron chi connectivity index (χ4n) is 2.09. The minimum atomic E-state index is 0.352. The molecule has 2 rings (SSSR count). The van der Waals surface area contributed by atoms with E-state index in [1.54, 1.807) is 10.4 Å². The predicted octanol–water partition coefficient (Wildman–Crippen LogP) is 2.54. The van der Waals surface area contributed by atoms with Gasteiger partial charge in [0.15, 0.2) is 0 Å². The average Bonchev–Trinajstić information content (AvgIpc) is 2.63. The summed E-state index contributed by atoms with van der Waals surface area (Å²) in [4.78, 5) is 3.02. The lowest BCUT2D eigenvalue weighted by atomic mass is 9.98. The van der Waals surface area contributed by atoms with Gasteiger partial charge in [0.1, 0.15) is 0 Å². The number of rotatable bonds is 3. The molecule has 0 radical (unpaired) electrons. The normalized spacial score (nSPS) is 17.9. The highest BCUT2D eigenvalue weighted by molar-refractivity contribution is 7.12. The Morgan fingerprint density at radius 2 is 2.29 bits per heavy atom. The van der Waals surface area contributed by atoms with Crippen molar-refractivity contribution in [2.45, 2.75) is 45.1 Å². The standard InChI is InChI=1S/C11H18N2S/c1-2-9(13-12)11-7-8-5-3-4-6-10(8)14-11/h7,9,13H,2-6,12H2,1H3. The first-order valence-electron chi connectivity index (χ1n) is 5.42. The lowest BCUT2D eigenvalue weighted by Gasteiger charge is -2.10. The molecule has 14 heavy (non-hydrogen) atoms. The molecular weight excluding hydrogens is 192 g/mol. The second-order valence-corrected chi connectivity index (χ2v) is 5.10. The first-order valence-corrected chi connectivity index (χ1v) is 6.24. The third kappa shape index (κ3) is 1.85. The molecular formula is C11H18N2S. The number of hydrogen-bond acceptors (Lipinski definition) is 3. The van der Waals surface area contributed by atoms with E-state index in [0.717, 1.165) is 6.42 Å². The van der Waals surface area contributed by atoms with E-state index in [4.69, 9.17) is 5.84 Å². The lowest BCUT2D eigenvalue weighted by Crippen LogP contribution is -2.26. The van der Waals surface area contributed by atoms with Gasteiger partial charge in [-0.1, -0.05) is 6.92 Å². The van der Waals surface area contributed by atoms with Crippen molar-refractivity contribution in [1.29, 1.82) is 0 Å². The van der Waals surface area contributed by atoms with Gasteiger partial charge in [-0.2, -0.15) is 0 Å². The second kappa shape index (κ2) is 4.43. The Bertz CT molecular complexity index is 279. The number of hydrazine groups is 1. The summed E-state index contributed by atoms with van der Waals surface area (Å²) in [6.07, 6.45) is 6.33. The molecule has 3 heteroatoms. The first kappa shape index (κ1) is 10.1. The van der Waals surface area contributed by atoms with E-state index in [9.17, 15) is 0 Å². The van der Waals surface area contributed by atoms with Crippen LogP contribution in [0.1, 0.15) is 47.5 Å². The topological polar surface area (TPSA) is 38.0 Å². The summed E-state index contributed by atoms with van der Waals surface area (Å²) in [6, 6.07) is 2.71. The van der Waals surface area contributed by atoms with Gasteiger partial charge < -0.3 is 0 Å². The molecule has 1 aliphatic carbocycles. The van der Waals surface area contributed by atoms with Crippen LogP contribution in [0.2, 0.25) is 0 Å². The molecule has 1 atom stereocenters. The number of hydrogen-bond donors (Lipinski definition) is 2. The summed E-state index contributed by atoms with van der Waals surface area (Å²) in [5, 5.41) is 0. The average molecular weight is 210 g/mol. The van der Waals surface area contributed by atoms with Crippen molar-refractivity contribution in [3.05, 3.63) is 21.4 Å². The van der Waals surface area contributed by atoms with Crippen LogP contribution in [0, 0.1) is 0 Å². The number of fused-ring (bicyclic) bond motifs is 1. The van der Waals surface area contributed by atoms with Crippen molar-refractivity contribution >= 4 is 11.3 Å². The maximum absolute atomic E-state index is 5.53. The molecule has 0 spiro atoms. The molecule has 3 N–H and O–H groups in total. The Morgan fingerprint density at radius 1 is 1.50 bits per heavy atom. The summed E-state index contributed by atoms with van der Waals surface area (Å²) < 4.78 is 0. The van der Waals surface area contributed by atoms with E-state index in [0.29, 0.717) is 6.04 Å². The van der Waals surface area contributed by atoms with Gasteiger partial charge in [-0.25, -0.2) is 0 Å². The quantitative estimate of drug-likeness (QED) is 0.594. The molecule has 1 aliphatic rings. The van der Waals surface area contributed by atoms with Gasteiger partial charge >= 0.3 is 0 Å². The number of thiophene rings is 1. The number of nitrogens with one attached hydrogen (secondary N) is 1. The third-order valence-electron chi connectivity index (χ3n) is 2.97. The van der Waals surface area contributed by atoms with Gasteiger partial charge in [0.05, 0.1) is 6.04 Å². The molecule has 1 aromatic heterocycles. The van der Waals surface area contributed by atoms with Gasteiger partial charge in [0.2, 0.25) is 0 Å². The number of nitrogens with two attached hydrogens (primary N) is 1.